The first-order chi connectivity index (χ1) is 12.5. The lowest BCUT2D eigenvalue weighted by Crippen LogP contribution is -2.35. The van der Waals surface area contributed by atoms with Gasteiger partial charge in [0.25, 0.3) is 5.91 Å². The van der Waals surface area contributed by atoms with Crippen molar-refractivity contribution in [2.45, 2.75) is 32.4 Å². The van der Waals surface area contributed by atoms with Crippen molar-refractivity contribution in [3.8, 4) is 5.75 Å². The number of carbonyl (C=O) groups excluding carboxylic acids is 2. The zero-order valence-electron chi connectivity index (χ0n) is 14.6. The second kappa shape index (κ2) is 10.2. The fraction of sp³-hybridized carbons (Fsp3) is 0.300. The van der Waals surface area contributed by atoms with E-state index in [1.165, 1.54) is 19.1 Å². The average Bonchev–Trinajstić information content (AvgIpc) is 2.65. The molecule has 138 valence electrons. The number of hydrogen-bond acceptors (Lipinski definition) is 4. The lowest BCUT2D eigenvalue weighted by Gasteiger charge is -2.13. The van der Waals surface area contributed by atoms with Gasteiger partial charge in [-0.3, -0.25) is 9.59 Å². The molecule has 0 bridgehead atoms. The molecule has 0 heterocycles. The molecule has 1 amide bonds. The second-order valence-corrected chi connectivity index (χ2v) is 5.74. The van der Waals surface area contributed by atoms with Crippen LogP contribution in [0.25, 0.3) is 0 Å². The zero-order chi connectivity index (χ0) is 18.8. The summed E-state index contributed by atoms with van der Waals surface area (Å²) < 4.78 is 23.4. The fourth-order valence-corrected chi connectivity index (χ4v) is 2.17. The third-order valence-corrected chi connectivity index (χ3v) is 3.59. The molecule has 0 saturated carbocycles. The van der Waals surface area contributed by atoms with E-state index in [1.807, 2.05) is 30.3 Å². The van der Waals surface area contributed by atoms with Crippen LogP contribution >= 0.6 is 0 Å². The quantitative estimate of drug-likeness (QED) is 0.551. The largest absolute Gasteiger partial charge is 0.494 e. The molecule has 1 N–H and O–H groups in total. The normalized spacial score (nSPS) is 11.5. The summed E-state index contributed by atoms with van der Waals surface area (Å²) in [5.74, 6) is -0.442. The summed E-state index contributed by atoms with van der Waals surface area (Å²) in [6, 6.07) is 15.1. The van der Waals surface area contributed by atoms with E-state index in [0.717, 1.165) is 11.3 Å². The maximum atomic E-state index is 12.8. The van der Waals surface area contributed by atoms with Gasteiger partial charge in [0.2, 0.25) is 0 Å². The standard InChI is InChI=1S/C20H22FNO4/c1-15(20(24)22-14-16-9-11-17(21)12-10-16)26-19(23)8-5-13-25-18-6-3-2-4-7-18/h2-4,6-7,9-12,15H,5,8,13-14H2,1H3,(H,22,24)/t15-/m1/s1. The maximum absolute atomic E-state index is 12.8. The van der Waals surface area contributed by atoms with Crippen LogP contribution in [0.1, 0.15) is 25.3 Å². The Labute approximate surface area is 152 Å². The Bertz CT molecular complexity index is 704. The van der Waals surface area contributed by atoms with Crippen molar-refractivity contribution in [2.24, 2.45) is 0 Å². The van der Waals surface area contributed by atoms with Gasteiger partial charge in [0, 0.05) is 13.0 Å². The summed E-state index contributed by atoms with van der Waals surface area (Å²) in [5.41, 5.74) is 0.760. The molecular weight excluding hydrogens is 337 g/mol. The van der Waals surface area contributed by atoms with Crippen LogP contribution in [0.4, 0.5) is 4.39 Å². The Hall–Kier alpha value is -2.89. The van der Waals surface area contributed by atoms with E-state index in [2.05, 4.69) is 5.32 Å². The van der Waals surface area contributed by atoms with Crippen LogP contribution in [0.2, 0.25) is 0 Å². The van der Waals surface area contributed by atoms with Gasteiger partial charge in [0.05, 0.1) is 6.61 Å². The first-order valence-electron chi connectivity index (χ1n) is 8.44. The Morgan fingerprint density at radius 1 is 1.08 bits per heavy atom. The van der Waals surface area contributed by atoms with Crippen LogP contribution in [0, 0.1) is 5.82 Å². The van der Waals surface area contributed by atoms with Gasteiger partial charge < -0.3 is 14.8 Å². The van der Waals surface area contributed by atoms with Gasteiger partial charge >= 0.3 is 5.97 Å². The van der Waals surface area contributed by atoms with Gasteiger partial charge in [-0.25, -0.2) is 4.39 Å². The number of hydrogen-bond donors (Lipinski definition) is 1. The molecule has 0 aromatic heterocycles. The number of para-hydroxylation sites is 1. The molecule has 2 aromatic rings. The summed E-state index contributed by atoms with van der Waals surface area (Å²) in [6.45, 7) is 2.15. The van der Waals surface area contributed by atoms with Gasteiger partial charge in [-0.15, -0.1) is 0 Å². The summed E-state index contributed by atoms with van der Waals surface area (Å²) >= 11 is 0. The molecule has 0 spiro atoms. The predicted molar refractivity (Wildman–Crippen MR) is 95.0 cm³/mol. The smallest absolute Gasteiger partial charge is 0.306 e. The van der Waals surface area contributed by atoms with Gasteiger partial charge in [-0.2, -0.15) is 0 Å². The molecule has 0 saturated heterocycles. The van der Waals surface area contributed by atoms with Crippen molar-refractivity contribution in [1.29, 1.82) is 0 Å². The van der Waals surface area contributed by atoms with Gasteiger partial charge in [-0.05, 0) is 43.2 Å². The highest BCUT2D eigenvalue weighted by atomic mass is 19.1. The third kappa shape index (κ3) is 6.93. The lowest BCUT2D eigenvalue weighted by atomic mass is 10.2. The molecule has 1 atom stereocenters. The van der Waals surface area contributed by atoms with Crippen LogP contribution in [-0.4, -0.2) is 24.6 Å². The third-order valence-electron chi connectivity index (χ3n) is 3.59. The van der Waals surface area contributed by atoms with Crippen LogP contribution in [-0.2, 0) is 20.9 Å². The van der Waals surface area contributed by atoms with E-state index in [9.17, 15) is 14.0 Å². The van der Waals surface area contributed by atoms with E-state index in [4.69, 9.17) is 9.47 Å². The van der Waals surface area contributed by atoms with E-state index >= 15 is 0 Å². The van der Waals surface area contributed by atoms with Crippen molar-refractivity contribution in [3.05, 3.63) is 66.0 Å². The summed E-state index contributed by atoms with van der Waals surface area (Å²) in [5, 5.41) is 2.65. The topological polar surface area (TPSA) is 64.6 Å². The Balaban J connectivity index is 1.62. The summed E-state index contributed by atoms with van der Waals surface area (Å²) in [7, 11) is 0. The van der Waals surface area contributed by atoms with E-state index in [0.29, 0.717) is 13.0 Å². The summed E-state index contributed by atoms with van der Waals surface area (Å²) in [6.07, 6.45) is -0.224. The zero-order valence-corrected chi connectivity index (χ0v) is 14.6. The van der Waals surface area contributed by atoms with Crippen molar-refractivity contribution in [1.82, 2.24) is 5.32 Å². The highest BCUT2D eigenvalue weighted by molar-refractivity contribution is 5.83. The lowest BCUT2D eigenvalue weighted by molar-refractivity contribution is -0.155. The van der Waals surface area contributed by atoms with Crippen LogP contribution in [0.3, 0.4) is 0 Å². The van der Waals surface area contributed by atoms with Crippen LogP contribution < -0.4 is 10.1 Å². The molecule has 0 radical (unpaired) electrons. The van der Waals surface area contributed by atoms with Gasteiger partial charge in [0.1, 0.15) is 11.6 Å². The molecule has 0 aliphatic heterocycles. The highest BCUT2D eigenvalue weighted by Crippen LogP contribution is 2.09. The molecule has 0 unspecified atom stereocenters. The Morgan fingerprint density at radius 3 is 2.46 bits per heavy atom. The van der Waals surface area contributed by atoms with Crippen LogP contribution in [0.15, 0.2) is 54.6 Å². The second-order valence-electron chi connectivity index (χ2n) is 5.74. The van der Waals surface area contributed by atoms with Crippen molar-refractivity contribution >= 4 is 11.9 Å². The van der Waals surface area contributed by atoms with E-state index < -0.39 is 18.0 Å². The number of carbonyl (C=O) groups is 2. The van der Waals surface area contributed by atoms with Crippen molar-refractivity contribution < 1.29 is 23.5 Å². The molecule has 0 aliphatic carbocycles. The Kier molecular flexibility index (Phi) is 7.61. The fourth-order valence-electron chi connectivity index (χ4n) is 2.17. The van der Waals surface area contributed by atoms with E-state index in [1.54, 1.807) is 12.1 Å². The predicted octanol–water partition coefficient (Wildman–Crippen LogP) is 3.23. The SMILES string of the molecule is C[C@@H](OC(=O)CCCOc1ccccc1)C(=O)NCc1ccc(F)cc1. The molecule has 26 heavy (non-hydrogen) atoms. The molecule has 5 nitrogen and oxygen atoms in total. The Morgan fingerprint density at radius 2 is 1.77 bits per heavy atom. The molecule has 2 aromatic carbocycles. The number of halogens is 1. The first-order valence-corrected chi connectivity index (χ1v) is 8.44. The van der Waals surface area contributed by atoms with Gasteiger partial charge in [-0.1, -0.05) is 30.3 Å². The molecule has 2 rings (SSSR count). The molecule has 0 aliphatic rings. The van der Waals surface area contributed by atoms with Crippen LogP contribution in [0.5, 0.6) is 5.75 Å². The van der Waals surface area contributed by atoms with E-state index in [-0.39, 0.29) is 18.8 Å². The number of esters is 1. The molecular formula is C20H22FNO4. The number of ether oxygens (including phenoxy) is 2. The number of benzene rings is 2. The minimum atomic E-state index is -0.891. The summed E-state index contributed by atoms with van der Waals surface area (Å²) in [4.78, 5) is 23.7. The minimum absolute atomic E-state index is 0.169. The van der Waals surface area contributed by atoms with Gasteiger partial charge in [0.15, 0.2) is 6.10 Å². The number of amides is 1. The molecule has 0 fully saturated rings. The maximum Gasteiger partial charge on any atom is 0.306 e. The minimum Gasteiger partial charge on any atom is -0.494 e. The van der Waals surface area contributed by atoms with Crippen molar-refractivity contribution in [2.75, 3.05) is 6.61 Å². The number of nitrogens with one attached hydrogen (secondary N) is 1. The molecule has 6 heteroatoms. The first kappa shape index (κ1) is 19.4. The highest BCUT2D eigenvalue weighted by Gasteiger charge is 2.17. The number of rotatable bonds is 9. The monoisotopic (exact) mass is 359 g/mol. The average molecular weight is 359 g/mol. The van der Waals surface area contributed by atoms with Crippen molar-refractivity contribution in [3.63, 3.8) is 0 Å².